The first-order chi connectivity index (χ1) is 4.84. The number of nitrogens with zero attached hydrogens (tertiary/aromatic N) is 1. The highest BCUT2D eigenvalue weighted by Gasteiger charge is 2.20. The maximum atomic E-state index is 10.1. The highest BCUT2D eigenvalue weighted by atomic mass is 16.4. The van der Waals surface area contributed by atoms with E-state index in [4.69, 9.17) is 5.11 Å². The molecule has 1 unspecified atom stereocenters. The van der Waals surface area contributed by atoms with Gasteiger partial charge in [0.05, 0.1) is 27.6 Å². The minimum atomic E-state index is -0.863. The third kappa shape index (κ3) is 4.75. The Morgan fingerprint density at radius 3 is 2.18 bits per heavy atom. The third-order valence-corrected chi connectivity index (χ3v) is 1.51. The van der Waals surface area contributed by atoms with Crippen LogP contribution in [0.15, 0.2) is 0 Å². The molecule has 2 N–H and O–H groups in total. The van der Waals surface area contributed by atoms with E-state index >= 15 is 0 Å². The van der Waals surface area contributed by atoms with Crippen molar-refractivity contribution in [3.8, 4) is 0 Å². The smallest absolute Gasteiger partial charge is 0.303 e. The van der Waals surface area contributed by atoms with E-state index in [0.717, 1.165) is 0 Å². The molecule has 0 spiro atoms. The molecule has 0 aromatic carbocycles. The van der Waals surface area contributed by atoms with Gasteiger partial charge in [-0.25, -0.2) is 0 Å². The van der Waals surface area contributed by atoms with Crippen LogP contribution in [-0.2, 0) is 4.79 Å². The highest BCUT2D eigenvalue weighted by Crippen LogP contribution is 2.05. The Morgan fingerprint density at radius 2 is 1.91 bits per heavy atom. The van der Waals surface area contributed by atoms with Gasteiger partial charge in [-0.3, -0.25) is 4.79 Å². The Morgan fingerprint density at radius 1 is 1.45 bits per heavy atom. The second-order valence-corrected chi connectivity index (χ2v) is 3.53. The minimum Gasteiger partial charge on any atom is -0.481 e. The minimum absolute atomic E-state index is 0.0245. The predicted molar refractivity (Wildman–Crippen MR) is 40.9 cm³/mol. The molecule has 0 amide bonds. The third-order valence-electron chi connectivity index (χ3n) is 1.51. The number of carboxylic acid groups (broad SMARTS) is 1. The number of aliphatic hydroxyl groups is 1. The summed E-state index contributed by atoms with van der Waals surface area (Å²) in [7, 11) is 5.48. The van der Waals surface area contributed by atoms with Crippen molar-refractivity contribution in [3.05, 3.63) is 0 Å². The van der Waals surface area contributed by atoms with Gasteiger partial charge in [0.1, 0.15) is 0 Å². The molecule has 11 heavy (non-hydrogen) atoms. The Bertz CT molecular complexity index is 139. The SMILES string of the molecule is C[N+](C)(C)C(O)CCC(=O)O. The fraction of sp³-hybridized carbons (Fsp3) is 0.857. The second-order valence-electron chi connectivity index (χ2n) is 3.53. The van der Waals surface area contributed by atoms with Crippen LogP contribution in [-0.4, -0.2) is 48.0 Å². The molecule has 0 aromatic heterocycles. The lowest BCUT2D eigenvalue weighted by molar-refractivity contribution is -0.919. The van der Waals surface area contributed by atoms with E-state index in [9.17, 15) is 9.90 Å². The summed E-state index contributed by atoms with van der Waals surface area (Å²) < 4.78 is 0.382. The highest BCUT2D eigenvalue weighted by molar-refractivity contribution is 5.66. The van der Waals surface area contributed by atoms with Gasteiger partial charge in [-0.05, 0) is 0 Å². The topological polar surface area (TPSA) is 57.5 Å². The molecule has 4 heteroatoms. The molecule has 0 aliphatic carbocycles. The van der Waals surface area contributed by atoms with E-state index in [1.165, 1.54) is 0 Å². The summed E-state index contributed by atoms with van der Waals surface area (Å²) >= 11 is 0. The molecule has 0 bridgehead atoms. The molecule has 0 aliphatic rings. The van der Waals surface area contributed by atoms with E-state index in [2.05, 4.69) is 0 Å². The van der Waals surface area contributed by atoms with Crippen molar-refractivity contribution in [2.75, 3.05) is 21.1 Å². The van der Waals surface area contributed by atoms with Crippen molar-refractivity contribution >= 4 is 5.97 Å². The number of carbonyl (C=O) groups is 1. The second kappa shape index (κ2) is 3.69. The van der Waals surface area contributed by atoms with Crippen LogP contribution in [0.2, 0.25) is 0 Å². The van der Waals surface area contributed by atoms with E-state index < -0.39 is 12.2 Å². The Balaban J connectivity index is 3.70. The first-order valence-electron chi connectivity index (χ1n) is 3.55. The Labute approximate surface area is 66.6 Å². The number of quaternary nitrogens is 1. The summed E-state index contributed by atoms with van der Waals surface area (Å²) in [5.41, 5.74) is 0. The maximum Gasteiger partial charge on any atom is 0.303 e. The van der Waals surface area contributed by atoms with Gasteiger partial charge in [0.25, 0.3) is 0 Å². The fourth-order valence-electron chi connectivity index (χ4n) is 0.640. The van der Waals surface area contributed by atoms with Gasteiger partial charge >= 0.3 is 5.97 Å². The molecule has 66 valence electrons. The first-order valence-corrected chi connectivity index (χ1v) is 3.55. The number of hydrogen-bond donors (Lipinski definition) is 2. The molecule has 0 aromatic rings. The van der Waals surface area contributed by atoms with Crippen LogP contribution in [0.25, 0.3) is 0 Å². The number of carboxylic acids is 1. The molecule has 0 radical (unpaired) electrons. The van der Waals surface area contributed by atoms with Gasteiger partial charge in [-0.2, -0.15) is 0 Å². The summed E-state index contributed by atoms with van der Waals surface area (Å²) in [4.78, 5) is 10.1. The zero-order valence-electron chi connectivity index (χ0n) is 7.24. The lowest BCUT2D eigenvalue weighted by atomic mass is 10.2. The van der Waals surface area contributed by atoms with Crippen molar-refractivity contribution < 1.29 is 19.5 Å². The van der Waals surface area contributed by atoms with Gasteiger partial charge in [0, 0.05) is 6.42 Å². The quantitative estimate of drug-likeness (QED) is 0.447. The standard InChI is InChI=1S/C7H15NO3/c1-8(2,3)6(9)4-5-7(10)11/h6,9H,4-5H2,1-3H3/p+1. The van der Waals surface area contributed by atoms with Crippen molar-refractivity contribution in [2.24, 2.45) is 0 Å². The molecular formula is C7H16NO3+. The number of aliphatic hydroxyl groups excluding tert-OH is 1. The van der Waals surface area contributed by atoms with Crippen molar-refractivity contribution in [2.45, 2.75) is 19.1 Å². The van der Waals surface area contributed by atoms with Gasteiger partial charge < -0.3 is 14.7 Å². The summed E-state index contributed by atoms with van der Waals surface area (Å²) in [5.74, 6) is -0.863. The van der Waals surface area contributed by atoms with Crippen molar-refractivity contribution in [1.29, 1.82) is 0 Å². The molecule has 1 atom stereocenters. The average molecular weight is 162 g/mol. The summed E-state index contributed by atoms with van der Waals surface area (Å²) in [5, 5.41) is 17.7. The molecule has 0 saturated carbocycles. The van der Waals surface area contributed by atoms with Gasteiger partial charge in [0.2, 0.25) is 0 Å². The molecular weight excluding hydrogens is 146 g/mol. The molecule has 0 heterocycles. The van der Waals surface area contributed by atoms with Crippen molar-refractivity contribution in [3.63, 3.8) is 0 Å². The van der Waals surface area contributed by atoms with E-state index in [-0.39, 0.29) is 6.42 Å². The van der Waals surface area contributed by atoms with Gasteiger partial charge in [-0.15, -0.1) is 0 Å². The normalized spacial score (nSPS) is 14.5. The molecule has 4 nitrogen and oxygen atoms in total. The predicted octanol–water partition coefficient (Wildman–Crippen LogP) is -0.124. The van der Waals surface area contributed by atoms with Crippen LogP contribution in [0.5, 0.6) is 0 Å². The lowest BCUT2D eigenvalue weighted by Crippen LogP contribution is -2.45. The summed E-state index contributed by atoms with van der Waals surface area (Å²) in [6.45, 7) is 0. The lowest BCUT2D eigenvalue weighted by Gasteiger charge is -2.29. The summed E-state index contributed by atoms with van der Waals surface area (Å²) in [6.07, 6.45) is -0.263. The molecule has 0 fully saturated rings. The molecule has 0 rings (SSSR count). The van der Waals surface area contributed by atoms with Crippen molar-refractivity contribution in [1.82, 2.24) is 0 Å². The van der Waals surface area contributed by atoms with E-state index in [0.29, 0.717) is 10.9 Å². The van der Waals surface area contributed by atoms with E-state index in [1.807, 2.05) is 21.1 Å². The van der Waals surface area contributed by atoms with Gasteiger partial charge in [0.15, 0.2) is 6.23 Å². The Hall–Kier alpha value is -0.610. The molecule has 0 saturated heterocycles. The van der Waals surface area contributed by atoms with Crippen LogP contribution < -0.4 is 0 Å². The van der Waals surface area contributed by atoms with Crippen LogP contribution in [0, 0.1) is 0 Å². The zero-order chi connectivity index (χ0) is 9.07. The number of hydrogen-bond acceptors (Lipinski definition) is 2. The molecule has 0 aliphatic heterocycles. The Kier molecular flexibility index (Phi) is 3.48. The summed E-state index contributed by atoms with van der Waals surface area (Å²) in [6, 6.07) is 0. The first kappa shape index (κ1) is 10.4. The van der Waals surface area contributed by atoms with Crippen LogP contribution in [0.3, 0.4) is 0 Å². The largest absolute Gasteiger partial charge is 0.481 e. The average Bonchev–Trinajstić information content (AvgIpc) is 1.80. The monoisotopic (exact) mass is 162 g/mol. The van der Waals surface area contributed by atoms with Gasteiger partial charge in [-0.1, -0.05) is 0 Å². The zero-order valence-corrected chi connectivity index (χ0v) is 7.24. The van der Waals surface area contributed by atoms with Crippen LogP contribution in [0.1, 0.15) is 12.8 Å². The fourth-order valence-corrected chi connectivity index (χ4v) is 0.640. The van der Waals surface area contributed by atoms with Crippen LogP contribution in [0.4, 0.5) is 0 Å². The van der Waals surface area contributed by atoms with Crippen LogP contribution >= 0.6 is 0 Å². The maximum absolute atomic E-state index is 10.1. The number of aliphatic carboxylic acids is 1. The van der Waals surface area contributed by atoms with E-state index in [1.54, 1.807) is 0 Å². The number of rotatable bonds is 4.